The van der Waals surface area contributed by atoms with E-state index in [1.807, 2.05) is 55.4 Å². The number of rotatable bonds is 1. The van der Waals surface area contributed by atoms with Crippen molar-refractivity contribution in [1.82, 2.24) is 0 Å². The summed E-state index contributed by atoms with van der Waals surface area (Å²) in [7, 11) is 2.00. The second-order valence-electron chi connectivity index (χ2n) is 5.05. The van der Waals surface area contributed by atoms with E-state index in [2.05, 4.69) is 84.9 Å². The summed E-state index contributed by atoms with van der Waals surface area (Å²) in [5.41, 5.74) is 2.61. The average Bonchev–Trinajstić information content (AvgIpc) is 2.95. The molecule has 0 aromatic heterocycles. The second-order valence-corrected chi connectivity index (χ2v) is 5.05. The van der Waals surface area contributed by atoms with Gasteiger partial charge in [0.15, 0.2) is 0 Å². The molecule has 0 unspecified atom stereocenters. The Kier molecular flexibility index (Phi) is 26.1. The van der Waals surface area contributed by atoms with Gasteiger partial charge >= 0.3 is 0 Å². The van der Waals surface area contributed by atoms with E-state index in [0.717, 1.165) is 14.2 Å². The number of hydrogen-bond acceptors (Lipinski definition) is 2. The summed E-state index contributed by atoms with van der Waals surface area (Å²) < 4.78 is 0. The predicted octanol–water partition coefficient (Wildman–Crippen LogP) is 8.98. The molecule has 2 nitrogen and oxygen atoms in total. The third-order valence-electron chi connectivity index (χ3n) is 3.87. The van der Waals surface area contributed by atoms with Gasteiger partial charge in [-0.05, 0) is 32.7 Å². The fourth-order valence-corrected chi connectivity index (χ4v) is 2.92. The highest BCUT2D eigenvalue weighted by atomic mass is 16.2. The number of fused-ring (bicyclic) bond motifs is 2. The van der Waals surface area contributed by atoms with Crippen molar-refractivity contribution in [2.24, 2.45) is 0 Å². The van der Waals surface area contributed by atoms with Crippen molar-refractivity contribution in [1.29, 1.82) is 0 Å². The molecule has 0 aliphatic carbocycles. The fourth-order valence-electron chi connectivity index (χ4n) is 2.92. The lowest BCUT2D eigenvalue weighted by Crippen LogP contribution is -1.83. The second kappa shape index (κ2) is 24.6. The van der Waals surface area contributed by atoms with Crippen molar-refractivity contribution >= 4 is 21.5 Å². The van der Waals surface area contributed by atoms with Gasteiger partial charge in [-0.2, -0.15) is 0 Å². The van der Waals surface area contributed by atoms with Gasteiger partial charge in [-0.1, -0.05) is 140 Å². The van der Waals surface area contributed by atoms with E-state index >= 15 is 0 Å². The predicted molar refractivity (Wildman–Crippen MR) is 149 cm³/mol. The molecule has 0 spiro atoms. The topological polar surface area (TPSA) is 40.5 Å². The normalized spacial score (nSPS) is 8.00. The Morgan fingerprint density at radius 3 is 0.906 bits per heavy atom. The first-order valence-electron chi connectivity index (χ1n) is 11.8. The minimum atomic E-state index is 1.00. The van der Waals surface area contributed by atoms with Crippen LogP contribution in [0.25, 0.3) is 32.7 Å². The van der Waals surface area contributed by atoms with Crippen LogP contribution >= 0.6 is 0 Å². The number of hydrogen-bond donors (Lipinski definition) is 2. The lowest BCUT2D eigenvalue weighted by molar-refractivity contribution is 0.399. The average molecular weight is 439 g/mol. The number of benzene rings is 4. The molecule has 0 heterocycles. The van der Waals surface area contributed by atoms with Crippen LogP contribution in [0.1, 0.15) is 55.4 Å². The molecule has 0 radical (unpaired) electrons. The van der Waals surface area contributed by atoms with Crippen LogP contribution in [0.15, 0.2) is 84.9 Å². The van der Waals surface area contributed by atoms with Crippen LogP contribution in [0, 0.1) is 0 Å². The van der Waals surface area contributed by atoms with Crippen molar-refractivity contribution < 1.29 is 10.2 Å². The first-order valence-corrected chi connectivity index (χ1v) is 11.8. The Hall–Kier alpha value is -2.68. The molecule has 2 N–H and O–H groups in total. The van der Waals surface area contributed by atoms with Gasteiger partial charge in [0.25, 0.3) is 0 Å². The maximum atomic E-state index is 7.00. The van der Waals surface area contributed by atoms with E-state index in [4.69, 9.17) is 10.2 Å². The Bertz CT molecular complexity index is 826. The quantitative estimate of drug-likeness (QED) is 0.311. The van der Waals surface area contributed by atoms with Crippen LogP contribution < -0.4 is 0 Å². The van der Waals surface area contributed by atoms with Gasteiger partial charge in [0.05, 0.1) is 0 Å². The van der Waals surface area contributed by atoms with Crippen molar-refractivity contribution in [2.75, 3.05) is 14.2 Å². The van der Waals surface area contributed by atoms with Crippen LogP contribution in [0.5, 0.6) is 0 Å². The van der Waals surface area contributed by atoms with E-state index in [9.17, 15) is 0 Å². The first-order chi connectivity index (χ1) is 15.9. The van der Waals surface area contributed by atoms with Crippen molar-refractivity contribution in [3.63, 3.8) is 0 Å². The maximum absolute atomic E-state index is 7.00. The molecule has 32 heavy (non-hydrogen) atoms. The smallest absolute Gasteiger partial charge is 0.0319 e. The van der Waals surface area contributed by atoms with Gasteiger partial charge in [0.1, 0.15) is 0 Å². The van der Waals surface area contributed by atoms with Gasteiger partial charge in [0.2, 0.25) is 0 Å². The van der Waals surface area contributed by atoms with E-state index in [1.165, 1.54) is 32.7 Å². The van der Waals surface area contributed by atoms with E-state index in [1.54, 1.807) is 0 Å². The lowest BCUT2D eigenvalue weighted by atomic mass is 9.94. The van der Waals surface area contributed by atoms with E-state index in [-0.39, 0.29) is 0 Å². The molecule has 4 rings (SSSR count). The van der Waals surface area contributed by atoms with Gasteiger partial charge in [-0.15, -0.1) is 0 Å². The third-order valence-corrected chi connectivity index (χ3v) is 3.87. The lowest BCUT2D eigenvalue weighted by Gasteiger charge is -2.10. The summed E-state index contributed by atoms with van der Waals surface area (Å²) in [6.45, 7) is 16.0. The molecule has 0 fully saturated rings. The first kappa shape index (κ1) is 33.9. The zero-order valence-electron chi connectivity index (χ0n) is 22.0. The highest BCUT2D eigenvalue weighted by molar-refractivity contribution is 6.05. The Balaban J connectivity index is -0.000000614. The number of aliphatic hydroxyl groups is 2. The molecule has 4 aromatic carbocycles. The van der Waals surface area contributed by atoms with E-state index in [0.29, 0.717) is 0 Å². The summed E-state index contributed by atoms with van der Waals surface area (Å²) in [5.74, 6) is 0. The molecule has 0 saturated carbocycles. The fraction of sp³-hybridized carbons (Fsp3) is 0.333. The highest BCUT2D eigenvalue weighted by Crippen LogP contribution is 2.33. The van der Waals surface area contributed by atoms with Gasteiger partial charge in [-0.3, -0.25) is 0 Å². The van der Waals surface area contributed by atoms with E-state index < -0.39 is 0 Å². The molecule has 0 bridgehead atoms. The molecular weight excluding hydrogens is 392 g/mol. The van der Waals surface area contributed by atoms with Gasteiger partial charge in [0, 0.05) is 14.2 Å². The molecule has 0 atom stereocenters. The van der Waals surface area contributed by atoms with Gasteiger partial charge < -0.3 is 10.2 Å². The SMILES string of the molecule is CC.CC.CC.CC.CO.CO.c1ccc2c(-c3cccc4ccccc34)cccc2c1. The Morgan fingerprint density at radius 2 is 0.594 bits per heavy atom. The molecule has 4 aromatic rings. The van der Waals surface area contributed by atoms with Crippen LogP contribution in [-0.2, 0) is 0 Å². The van der Waals surface area contributed by atoms with Crippen molar-refractivity contribution in [3.05, 3.63) is 84.9 Å². The standard InChI is InChI=1S/C20H14.4C2H6.2CH4O/c1-3-11-17-15(7-1)9-5-13-19(17)20-14-6-10-16-8-2-4-12-18(16)20;6*1-2/h1-14H;4*1-2H3;2*2H,1H3. The van der Waals surface area contributed by atoms with Crippen LogP contribution in [0.2, 0.25) is 0 Å². The monoisotopic (exact) mass is 438 g/mol. The zero-order valence-corrected chi connectivity index (χ0v) is 22.0. The Morgan fingerprint density at radius 1 is 0.344 bits per heavy atom. The zero-order chi connectivity index (χ0) is 25.4. The van der Waals surface area contributed by atoms with Crippen LogP contribution in [0.4, 0.5) is 0 Å². The van der Waals surface area contributed by atoms with Crippen molar-refractivity contribution in [2.45, 2.75) is 55.4 Å². The molecule has 2 heteroatoms. The maximum Gasteiger partial charge on any atom is 0.0319 e. The highest BCUT2D eigenvalue weighted by Gasteiger charge is 2.06. The summed E-state index contributed by atoms with van der Waals surface area (Å²) in [6.07, 6.45) is 0. The molecule has 0 aliphatic rings. The van der Waals surface area contributed by atoms with Crippen LogP contribution in [0.3, 0.4) is 0 Å². The molecule has 0 saturated heterocycles. The summed E-state index contributed by atoms with van der Waals surface area (Å²) in [4.78, 5) is 0. The molecule has 0 amide bonds. The minimum absolute atomic E-state index is 1.00. The third kappa shape index (κ3) is 10.1. The van der Waals surface area contributed by atoms with Gasteiger partial charge in [-0.25, -0.2) is 0 Å². The largest absolute Gasteiger partial charge is 0.400 e. The van der Waals surface area contributed by atoms with Crippen molar-refractivity contribution in [3.8, 4) is 11.1 Å². The molecule has 178 valence electrons. The Labute approximate surface area is 197 Å². The summed E-state index contributed by atoms with van der Waals surface area (Å²) in [5, 5.41) is 19.2. The van der Waals surface area contributed by atoms with Crippen LogP contribution in [-0.4, -0.2) is 24.4 Å². The molecular formula is C30H46O2. The minimum Gasteiger partial charge on any atom is -0.400 e. The summed E-state index contributed by atoms with van der Waals surface area (Å²) >= 11 is 0. The summed E-state index contributed by atoms with van der Waals surface area (Å²) in [6, 6.07) is 30.2. The number of aliphatic hydroxyl groups excluding tert-OH is 2. The molecule has 0 aliphatic heterocycles.